The Hall–Kier alpha value is 0.740. The molecule has 1 unspecified atom stereocenters. The van der Waals surface area contributed by atoms with E-state index in [0.717, 1.165) is 8.26 Å². The number of hydrogen-bond donors (Lipinski definition) is 0. The molecule has 0 saturated heterocycles. The van der Waals surface area contributed by atoms with Gasteiger partial charge in [0, 0.05) is 9.35 Å². The Morgan fingerprint density at radius 2 is 2.00 bits per heavy atom. The summed E-state index contributed by atoms with van der Waals surface area (Å²) in [6, 6.07) is 1.60. The lowest BCUT2D eigenvalue weighted by Crippen LogP contribution is -2.09. The van der Waals surface area contributed by atoms with E-state index in [1.54, 1.807) is 6.07 Å². The molecule has 1 atom stereocenters. The molecule has 0 nitrogen and oxygen atoms in total. The molecule has 1 aromatic rings. The summed E-state index contributed by atoms with van der Waals surface area (Å²) in [5.74, 6) is 0. The minimum atomic E-state index is -4.23. The van der Waals surface area contributed by atoms with Gasteiger partial charge in [0.05, 0.1) is 15.6 Å². The third kappa shape index (κ3) is 3.72. The zero-order valence-corrected chi connectivity index (χ0v) is 11.3. The predicted molar refractivity (Wildman–Crippen MR) is 59.0 cm³/mol. The van der Waals surface area contributed by atoms with Crippen molar-refractivity contribution in [1.29, 1.82) is 0 Å². The highest BCUT2D eigenvalue weighted by Gasteiger charge is 2.32. The summed E-state index contributed by atoms with van der Waals surface area (Å²) in [6.45, 7) is 0. The van der Waals surface area contributed by atoms with Crippen molar-refractivity contribution < 1.29 is 13.2 Å². The topological polar surface area (TPSA) is 0 Å². The van der Waals surface area contributed by atoms with Crippen LogP contribution in [0.25, 0.3) is 0 Å². The third-order valence-corrected chi connectivity index (χ3v) is 5.27. The first kappa shape index (κ1) is 12.8. The van der Waals surface area contributed by atoms with Crippen molar-refractivity contribution in [2.24, 2.45) is 0 Å². The van der Waals surface area contributed by atoms with Crippen LogP contribution in [-0.2, 0) is 0 Å². The summed E-state index contributed by atoms with van der Waals surface area (Å²) in [4.78, 5) is 0.503. The van der Waals surface area contributed by atoms with Crippen molar-refractivity contribution in [3.05, 3.63) is 19.2 Å². The van der Waals surface area contributed by atoms with Crippen LogP contribution in [0.4, 0.5) is 13.2 Å². The standard InChI is InChI=1S/C7H4Br2ClF3S/c8-3-1-5(14-6(3)9)4(10)2-7(11,12)13/h1,4H,2H2. The minimum Gasteiger partial charge on any atom is -0.171 e. The van der Waals surface area contributed by atoms with Crippen LogP contribution in [0, 0.1) is 0 Å². The van der Waals surface area contributed by atoms with E-state index in [4.69, 9.17) is 11.6 Å². The lowest BCUT2D eigenvalue weighted by molar-refractivity contribution is -0.134. The average Bonchev–Trinajstić information content (AvgIpc) is 2.28. The summed E-state index contributed by atoms with van der Waals surface area (Å²) in [5, 5.41) is -1.01. The maximum atomic E-state index is 12.0. The highest BCUT2D eigenvalue weighted by Crippen LogP contribution is 2.41. The molecule has 7 heteroatoms. The predicted octanol–water partition coefficient (Wildman–Crippen LogP) is 5.51. The summed E-state index contributed by atoms with van der Waals surface area (Å²) in [6.07, 6.45) is -5.23. The second-order valence-corrected chi connectivity index (χ2v) is 6.34. The minimum absolute atomic E-state index is 0.503. The molecule has 0 radical (unpaired) electrons. The second kappa shape index (κ2) is 4.72. The van der Waals surface area contributed by atoms with Crippen molar-refractivity contribution in [3.8, 4) is 0 Å². The highest BCUT2D eigenvalue weighted by atomic mass is 79.9. The molecule has 14 heavy (non-hydrogen) atoms. The van der Waals surface area contributed by atoms with Gasteiger partial charge in [-0.1, -0.05) is 0 Å². The van der Waals surface area contributed by atoms with Gasteiger partial charge in [0.15, 0.2) is 0 Å². The summed E-state index contributed by atoms with van der Waals surface area (Å²) < 4.78 is 37.5. The quantitative estimate of drug-likeness (QED) is 0.601. The van der Waals surface area contributed by atoms with Gasteiger partial charge >= 0.3 is 6.18 Å². The van der Waals surface area contributed by atoms with Gasteiger partial charge in [0.25, 0.3) is 0 Å². The number of rotatable bonds is 2. The van der Waals surface area contributed by atoms with Gasteiger partial charge in [-0.2, -0.15) is 13.2 Å². The fourth-order valence-electron chi connectivity index (χ4n) is 0.821. The lowest BCUT2D eigenvalue weighted by Gasteiger charge is -2.09. The highest BCUT2D eigenvalue weighted by molar-refractivity contribution is 9.13. The van der Waals surface area contributed by atoms with Crippen LogP contribution in [0.1, 0.15) is 16.7 Å². The van der Waals surface area contributed by atoms with Crippen molar-refractivity contribution in [3.63, 3.8) is 0 Å². The molecule has 0 aliphatic carbocycles. The Balaban J connectivity index is 2.75. The summed E-state index contributed by atoms with van der Waals surface area (Å²) in [5.41, 5.74) is 0. The van der Waals surface area contributed by atoms with Crippen molar-refractivity contribution in [1.82, 2.24) is 0 Å². The maximum Gasteiger partial charge on any atom is 0.390 e. The van der Waals surface area contributed by atoms with E-state index in [1.807, 2.05) is 0 Å². The van der Waals surface area contributed by atoms with Crippen LogP contribution in [0.3, 0.4) is 0 Å². The average molecular weight is 372 g/mol. The number of thiophene rings is 1. The Morgan fingerprint density at radius 3 is 2.36 bits per heavy atom. The molecule has 1 rings (SSSR count). The zero-order valence-electron chi connectivity index (χ0n) is 6.54. The largest absolute Gasteiger partial charge is 0.390 e. The molecule has 0 spiro atoms. The van der Waals surface area contributed by atoms with E-state index in [9.17, 15) is 13.2 Å². The fraction of sp³-hybridized carbons (Fsp3) is 0.429. The van der Waals surface area contributed by atoms with Crippen LogP contribution in [0.15, 0.2) is 14.3 Å². The molecule has 0 bridgehead atoms. The van der Waals surface area contributed by atoms with Crippen LogP contribution in [0.2, 0.25) is 0 Å². The van der Waals surface area contributed by atoms with E-state index in [0.29, 0.717) is 4.88 Å². The number of hydrogen-bond acceptors (Lipinski definition) is 1. The van der Waals surface area contributed by atoms with Gasteiger partial charge in [-0.15, -0.1) is 22.9 Å². The SMILES string of the molecule is FC(F)(F)CC(Cl)c1cc(Br)c(Br)s1. The first-order valence-electron chi connectivity index (χ1n) is 3.45. The monoisotopic (exact) mass is 370 g/mol. The van der Waals surface area contributed by atoms with Gasteiger partial charge in [-0.3, -0.25) is 0 Å². The van der Waals surface area contributed by atoms with Gasteiger partial charge in [0.1, 0.15) is 0 Å². The molecular formula is C7H4Br2ClF3S. The molecular weight excluding hydrogens is 368 g/mol. The van der Waals surface area contributed by atoms with Gasteiger partial charge in [0.2, 0.25) is 0 Å². The molecule has 1 heterocycles. The number of halogens is 6. The maximum absolute atomic E-state index is 12.0. The van der Waals surface area contributed by atoms with Crippen LogP contribution in [-0.4, -0.2) is 6.18 Å². The molecule has 0 saturated carbocycles. The van der Waals surface area contributed by atoms with E-state index >= 15 is 0 Å². The molecule has 0 fully saturated rings. The summed E-state index contributed by atoms with van der Waals surface area (Å²) in [7, 11) is 0. The van der Waals surface area contributed by atoms with Crippen molar-refractivity contribution in [2.75, 3.05) is 0 Å². The second-order valence-electron chi connectivity index (χ2n) is 2.56. The molecule has 0 N–H and O–H groups in total. The van der Waals surface area contributed by atoms with Gasteiger partial charge in [-0.05, 0) is 37.9 Å². The smallest absolute Gasteiger partial charge is 0.171 e. The van der Waals surface area contributed by atoms with Crippen molar-refractivity contribution >= 4 is 54.8 Å². The normalized spacial score (nSPS) is 14.4. The third-order valence-electron chi connectivity index (χ3n) is 1.38. The summed E-state index contributed by atoms with van der Waals surface area (Å²) >= 11 is 13.2. The van der Waals surface area contributed by atoms with Crippen LogP contribution >= 0.6 is 54.8 Å². The first-order chi connectivity index (χ1) is 6.29. The molecule has 80 valence electrons. The van der Waals surface area contributed by atoms with Crippen molar-refractivity contribution in [2.45, 2.75) is 18.0 Å². The Kier molecular flexibility index (Phi) is 4.32. The Morgan fingerprint density at radius 1 is 1.43 bits per heavy atom. The van der Waals surface area contributed by atoms with Crippen LogP contribution in [0.5, 0.6) is 0 Å². The zero-order chi connectivity index (χ0) is 10.9. The molecule has 1 aromatic heterocycles. The Labute approximate surface area is 105 Å². The first-order valence-corrected chi connectivity index (χ1v) is 6.29. The molecule has 0 aliphatic heterocycles. The van der Waals surface area contributed by atoms with E-state index < -0.39 is 18.0 Å². The molecule has 0 aliphatic rings. The van der Waals surface area contributed by atoms with E-state index in [1.165, 1.54) is 11.3 Å². The van der Waals surface area contributed by atoms with E-state index in [-0.39, 0.29) is 0 Å². The van der Waals surface area contributed by atoms with Gasteiger partial charge < -0.3 is 0 Å². The van der Waals surface area contributed by atoms with Crippen LogP contribution < -0.4 is 0 Å². The molecule has 0 amide bonds. The lowest BCUT2D eigenvalue weighted by atomic mass is 10.2. The molecule has 0 aromatic carbocycles. The fourth-order valence-corrected chi connectivity index (χ4v) is 3.26. The Bertz CT molecular complexity index is 304. The van der Waals surface area contributed by atoms with E-state index in [2.05, 4.69) is 31.9 Å². The van der Waals surface area contributed by atoms with Gasteiger partial charge in [-0.25, -0.2) is 0 Å². The number of alkyl halides is 4.